The number of amides is 1. The highest BCUT2D eigenvalue weighted by molar-refractivity contribution is 5.92. The van der Waals surface area contributed by atoms with E-state index in [1.807, 2.05) is 48.5 Å². The molecule has 1 amide bonds. The van der Waals surface area contributed by atoms with Crippen LogP contribution in [-0.4, -0.2) is 37.2 Å². The van der Waals surface area contributed by atoms with E-state index in [1.54, 1.807) is 11.0 Å². The van der Waals surface area contributed by atoms with Gasteiger partial charge in [-0.05, 0) is 60.7 Å². The third-order valence-corrected chi connectivity index (χ3v) is 4.85. The number of anilines is 1. The summed E-state index contributed by atoms with van der Waals surface area (Å²) in [6.45, 7) is -0.261. The van der Waals surface area contributed by atoms with Crippen molar-refractivity contribution >= 4 is 22.5 Å². The summed E-state index contributed by atoms with van der Waals surface area (Å²) in [5.41, 5.74) is 2.80. The third kappa shape index (κ3) is 4.52. The number of halogens is 1. The van der Waals surface area contributed by atoms with Gasteiger partial charge in [0.15, 0.2) is 12.4 Å². The normalized spacial score (nSPS) is 10.8. The second kappa shape index (κ2) is 8.83. The van der Waals surface area contributed by atoms with E-state index in [1.165, 1.54) is 30.6 Å². The zero-order valence-corrected chi connectivity index (χ0v) is 17.2. The second-order valence-corrected chi connectivity index (χ2v) is 7.10. The molecule has 9 heteroatoms. The van der Waals surface area contributed by atoms with Crippen LogP contribution in [0, 0.1) is 5.82 Å². The molecule has 0 bridgehead atoms. The number of rotatable bonds is 6. The Labute approximate surface area is 187 Å². The van der Waals surface area contributed by atoms with Gasteiger partial charge in [-0.3, -0.25) is 4.79 Å². The average Bonchev–Trinajstić information content (AvgIpc) is 3.39. The molecule has 0 aliphatic rings. The molecule has 0 atom stereocenters. The Balaban J connectivity index is 1.39. The van der Waals surface area contributed by atoms with Gasteiger partial charge in [0.05, 0.1) is 16.6 Å². The molecule has 0 aliphatic heterocycles. The summed E-state index contributed by atoms with van der Waals surface area (Å²) in [4.78, 5) is 25.5. The highest BCUT2D eigenvalue weighted by atomic mass is 19.1. The lowest BCUT2D eigenvalue weighted by atomic mass is 10.1. The van der Waals surface area contributed by atoms with Crippen molar-refractivity contribution in [2.24, 2.45) is 0 Å². The number of aromatic nitrogens is 5. The number of hydrogen-bond acceptors (Lipinski definition) is 6. The Kier molecular flexibility index (Phi) is 5.42. The minimum atomic E-state index is -0.386. The maximum absolute atomic E-state index is 13.1. The van der Waals surface area contributed by atoms with Gasteiger partial charge in [0.1, 0.15) is 18.5 Å². The minimum absolute atomic E-state index is 0.261. The Morgan fingerprint density at radius 3 is 2.52 bits per heavy atom. The molecule has 5 rings (SSSR count). The van der Waals surface area contributed by atoms with Crippen molar-refractivity contribution < 1.29 is 13.9 Å². The van der Waals surface area contributed by atoms with Crippen LogP contribution in [0.5, 0.6) is 5.88 Å². The Hall–Kier alpha value is -4.66. The molecule has 2 aromatic heterocycles. The molecule has 1 N–H and O–H groups in total. The summed E-state index contributed by atoms with van der Waals surface area (Å²) < 4.78 is 20.5. The smallest absolute Gasteiger partial charge is 0.262 e. The number of para-hydroxylation sites is 1. The maximum Gasteiger partial charge on any atom is 0.262 e. The first-order chi connectivity index (χ1) is 16.2. The van der Waals surface area contributed by atoms with Gasteiger partial charge in [-0.2, -0.15) is 10.1 Å². The first-order valence-electron chi connectivity index (χ1n) is 10.1. The van der Waals surface area contributed by atoms with E-state index in [9.17, 15) is 9.18 Å². The summed E-state index contributed by atoms with van der Waals surface area (Å²) in [7, 11) is 0. The third-order valence-electron chi connectivity index (χ3n) is 4.85. The van der Waals surface area contributed by atoms with E-state index in [-0.39, 0.29) is 18.3 Å². The van der Waals surface area contributed by atoms with E-state index >= 15 is 0 Å². The van der Waals surface area contributed by atoms with Crippen LogP contribution in [0.25, 0.3) is 28.0 Å². The van der Waals surface area contributed by atoms with Gasteiger partial charge in [-0.25, -0.2) is 19.0 Å². The molecule has 0 spiro atoms. The van der Waals surface area contributed by atoms with Crippen LogP contribution in [0.15, 0.2) is 85.5 Å². The van der Waals surface area contributed by atoms with Crippen LogP contribution < -0.4 is 10.1 Å². The molecule has 0 unspecified atom stereocenters. The quantitative estimate of drug-likeness (QED) is 0.428. The average molecular weight is 440 g/mol. The van der Waals surface area contributed by atoms with Crippen molar-refractivity contribution in [1.82, 2.24) is 24.7 Å². The van der Waals surface area contributed by atoms with E-state index < -0.39 is 0 Å². The lowest BCUT2D eigenvalue weighted by Gasteiger charge is -2.11. The highest BCUT2D eigenvalue weighted by Crippen LogP contribution is 2.27. The van der Waals surface area contributed by atoms with E-state index in [0.717, 1.165) is 11.3 Å². The van der Waals surface area contributed by atoms with Gasteiger partial charge < -0.3 is 10.1 Å². The van der Waals surface area contributed by atoms with Crippen LogP contribution in [-0.2, 0) is 4.79 Å². The number of nitrogens with zero attached hydrogens (tertiary/aromatic N) is 5. The fourth-order valence-electron chi connectivity index (χ4n) is 3.26. The number of hydrogen-bond donors (Lipinski definition) is 1. The van der Waals surface area contributed by atoms with Crippen molar-refractivity contribution in [3.05, 3.63) is 91.3 Å². The fourth-order valence-corrected chi connectivity index (χ4v) is 3.26. The number of benzene rings is 3. The number of carbonyl (C=O) groups excluding carboxylic acids is 1. The Morgan fingerprint density at radius 1 is 0.970 bits per heavy atom. The van der Waals surface area contributed by atoms with Gasteiger partial charge in [0.25, 0.3) is 5.91 Å². The predicted octanol–water partition coefficient (Wildman–Crippen LogP) is 4.03. The van der Waals surface area contributed by atoms with E-state index in [0.29, 0.717) is 28.3 Å². The van der Waals surface area contributed by atoms with Crippen LogP contribution >= 0.6 is 0 Å². The largest absolute Gasteiger partial charge is 0.467 e. The molecule has 33 heavy (non-hydrogen) atoms. The van der Waals surface area contributed by atoms with Crippen LogP contribution in [0.2, 0.25) is 0 Å². The van der Waals surface area contributed by atoms with Crippen molar-refractivity contribution in [2.75, 3.05) is 11.9 Å². The molecular weight excluding hydrogens is 423 g/mol. The molecule has 0 saturated carbocycles. The van der Waals surface area contributed by atoms with Gasteiger partial charge in [-0.15, -0.1) is 0 Å². The van der Waals surface area contributed by atoms with Crippen molar-refractivity contribution in [2.45, 2.75) is 0 Å². The van der Waals surface area contributed by atoms with Crippen molar-refractivity contribution in [3.8, 4) is 23.0 Å². The predicted molar refractivity (Wildman–Crippen MR) is 120 cm³/mol. The Morgan fingerprint density at radius 2 is 1.76 bits per heavy atom. The number of nitrogens with one attached hydrogen (secondary N) is 1. The lowest BCUT2D eigenvalue weighted by Crippen LogP contribution is -2.20. The van der Waals surface area contributed by atoms with Crippen LogP contribution in [0.4, 0.5) is 10.1 Å². The molecule has 5 aromatic rings. The SMILES string of the molecule is O=C(COc1nc(-c2ccc(-n3cncn3)cc2)nc2ccccc12)Nc1ccc(F)cc1. The number of carbonyl (C=O) groups is 1. The van der Waals surface area contributed by atoms with Gasteiger partial charge in [0.2, 0.25) is 5.88 Å². The minimum Gasteiger partial charge on any atom is -0.467 e. The van der Waals surface area contributed by atoms with E-state index in [2.05, 4.69) is 25.4 Å². The molecule has 2 heterocycles. The summed E-state index contributed by atoms with van der Waals surface area (Å²) in [5, 5.41) is 7.47. The fraction of sp³-hybridized carbons (Fsp3) is 0.0417. The summed E-state index contributed by atoms with van der Waals surface area (Å²) in [6.07, 6.45) is 3.08. The van der Waals surface area contributed by atoms with Crippen LogP contribution in [0.3, 0.4) is 0 Å². The zero-order valence-electron chi connectivity index (χ0n) is 17.2. The first kappa shape index (κ1) is 20.3. The standard InChI is InChI=1S/C24H17FN6O2/c25-17-7-9-18(10-8-17)28-22(32)13-33-24-20-3-1-2-4-21(20)29-23(30-24)16-5-11-19(12-6-16)31-15-26-14-27-31/h1-12,14-15H,13H2,(H,28,32). The first-order valence-corrected chi connectivity index (χ1v) is 10.1. The van der Waals surface area contributed by atoms with Crippen molar-refractivity contribution in [1.29, 1.82) is 0 Å². The van der Waals surface area contributed by atoms with Gasteiger partial charge >= 0.3 is 0 Å². The van der Waals surface area contributed by atoms with Crippen LogP contribution in [0.1, 0.15) is 0 Å². The lowest BCUT2D eigenvalue weighted by molar-refractivity contribution is -0.118. The molecule has 162 valence electrons. The molecule has 8 nitrogen and oxygen atoms in total. The Bertz CT molecular complexity index is 1400. The second-order valence-electron chi connectivity index (χ2n) is 7.10. The molecule has 3 aromatic carbocycles. The summed E-state index contributed by atoms with van der Waals surface area (Å²) in [6, 6.07) is 20.5. The molecule has 0 saturated heterocycles. The monoisotopic (exact) mass is 440 g/mol. The van der Waals surface area contributed by atoms with E-state index in [4.69, 9.17) is 4.74 Å². The summed E-state index contributed by atoms with van der Waals surface area (Å²) in [5.74, 6) is -0.000385. The molecule has 0 fully saturated rings. The summed E-state index contributed by atoms with van der Waals surface area (Å²) >= 11 is 0. The topological polar surface area (TPSA) is 94.8 Å². The van der Waals surface area contributed by atoms with Gasteiger partial charge in [0, 0.05) is 11.3 Å². The van der Waals surface area contributed by atoms with Gasteiger partial charge in [-0.1, -0.05) is 12.1 Å². The maximum atomic E-state index is 13.1. The zero-order chi connectivity index (χ0) is 22.6. The molecule has 0 aliphatic carbocycles. The molecule has 0 radical (unpaired) electrons. The highest BCUT2D eigenvalue weighted by Gasteiger charge is 2.13. The number of fused-ring (bicyclic) bond motifs is 1. The molecular formula is C24H17FN6O2. The number of ether oxygens (including phenoxy) is 1. The van der Waals surface area contributed by atoms with Crippen molar-refractivity contribution in [3.63, 3.8) is 0 Å².